The van der Waals surface area contributed by atoms with Gasteiger partial charge in [-0.05, 0) is 24.6 Å². The van der Waals surface area contributed by atoms with Crippen LogP contribution in [0.5, 0.6) is 0 Å². The van der Waals surface area contributed by atoms with E-state index in [1.165, 1.54) is 0 Å². The first-order valence-electron chi connectivity index (χ1n) is 9.31. The minimum atomic E-state index is -0.617. The summed E-state index contributed by atoms with van der Waals surface area (Å²) in [4.78, 5) is 17.2. The summed E-state index contributed by atoms with van der Waals surface area (Å²) in [6.45, 7) is 1.22. The summed E-state index contributed by atoms with van der Waals surface area (Å²) in [6.07, 6.45) is 0.0344. The SMILES string of the molecule is Cc1noc2c1-c1ccccc1C(c1ccc(Cl)cc1)=N[C@H]2CC(=O)NCCF. The molecule has 0 spiro atoms. The summed E-state index contributed by atoms with van der Waals surface area (Å²) < 4.78 is 18.1. The van der Waals surface area contributed by atoms with Gasteiger partial charge in [-0.25, -0.2) is 4.39 Å². The van der Waals surface area contributed by atoms with E-state index in [1.807, 2.05) is 43.3 Å². The molecule has 0 saturated heterocycles. The maximum absolute atomic E-state index is 12.5. The van der Waals surface area contributed by atoms with E-state index in [2.05, 4.69) is 10.5 Å². The number of nitrogens with one attached hydrogen (secondary N) is 1. The number of fused-ring (bicyclic) bond motifs is 3. The molecule has 0 radical (unpaired) electrons. The lowest BCUT2D eigenvalue weighted by Crippen LogP contribution is -2.26. The molecule has 2 aromatic carbocycles. The van der Waals surface area contributed by atoms with Gasteiger partial charge in [0.15, 0.2) is 5.76 Å². The summed E-state index contributed by atoms with van der Waals surface area (Å²) in [7, 11) is 0. The van der Waals surface area contributed by atoms with Gasteiger partial charge in [-0.15, -0.1) is 0 Å². The average molecular weight is 412 g/mol. The molecule has 1 N–H and O–H groups in total. The van der Waals surface area contributed by atoms with Gasteiger partial charge in [-0.3, -0.25) is 9.79 Å². The van der Waals surface area contributed by atoms with E-state index in [0.29, 0.717) is 10.8 Å². The van der Waals surface area contributed by atoms with Crippen molar-refractivity contribution in [3.05, 3.63) is 76.1 Å². The van der Waals surface area contributed by atoms with Crippen LogP contribution in [0, 0.1) is 6.92 Å². The molecular formula is C22H19ClFN3O2. The predicted molar refractivity (Wildman–Crippen MR) is 110 cm³/mol. The second-order valence-corrected chi connectivity index (χ2v) is 7.23. The fourth-order valence-corrected chi connectivity index (χ4v) is 3.67. The van der Waals surface area contributed by atoms with Gasteiger partial charge in [-0.1, -0.05) is 53.2 Å². The number of nitrogens with zero attached hydrogens (tertiary/aromatic N) is 2. The Morgan fingerprint density at radius 2 is 1.90 bits per heavy atom. The molecule has 148 valence electrons. The molecule has 1 aliphatic rings. The monoisotopic (exact) mass is 411 g/mol. The smallest absolute Gasteiger partial charge is 0.222 e. The molecule has 29 heavy (non-hydrogen) atoms. The van der Waals surface area contributed by atoms with Gasteiger partial charge in [0.25, 0.3) is 0 Å². The molecule has 1 aliphatic heterocycles. The molecule has 5 nitrogen and oxygen atoms in total. The molecule has 2 heterocycles. The van der Waals surface area contributed by atoms with Gasteiger partial charge in [0, 0.05) is 22.7 Å². The zero-order chi connectivity index (χ0) is 20.4. The predicted octanol–water partition coefficient (Wildman–Crippen LogP) is 4.67. The van der Waals surface area contributed by atoms with Crippen LogP contribution in [0.15, 0.2) is 58.0 Å². The van der Waals surface area contributed by atoms with Crippen molar-refractivity contribution in [2.45, 2.75) is 19.4 Å². The van der Waals surface area contributed by atoms with Crippen LogP contribution >= 0.6 is 11.6 Å². The highest BCUT2D eigenvalue weighted by atomic mass is 35.5. The molecule has 4 rings (SSSR count). The standard InChI is InChI=1S/C22H19ClFN3O2/c1-13-20-16-4-2-3-5-17(16)21(14-6-8-15(23)9-7-14)26-18(22(20)29-27-13)12-19(28)25-11-10-24/h2-9,18H,10-12H2,1H3,(H,25,28)/t18-/m0/s1. The van der Waals surface area contributed by atoms with Gasteiger partial charge < -0.3 is 9.84 Å². The van der Waals surface area contributed by atoms with Crippen LogP contribution in [-0.4, -0.2) is 30.0 Å². The number of aliphatic imine (C=N–C) groups is 1. The Labute approximate surface area is 172 Å². The Morgan fingerprint density at radius 3 is 2.62 bits per heavy atom. The minimum Gasteiger partial charge on any atom is -0.358 e. The number of carbonyl (C=O) groups excluding carboxylic acids is 1. The van der Waals surface area contributed by atoms with E-state index < -0.39 is 12.7 Å². The summed E-state index contributed by atoms with van der Waals surface area (Å²) >= 11 is 6.06. The second-order valence-electron chi connectivity index (χ2n) is 6.80. The third-order valence-electron chi connectivity index (χ3n) is 4.84. The fourth-order valence-electron chi connectivity index (χ4n) is 3.54. The molecule has 1 amide bonds. The van der Waals surface area contributed by atoms with Crippen molar-refractivity contribution >= 4 is 23.2 Å². The molecule has 0 bridgehead atoms. The Balaban J connectivity index is 1.87. The van der Waals surface area contributed by atoms with Gasteiger partial charge in [-0.2, -0.15) is 0 Å². The lowest BCUT2D eigenvalue weighted by atomic mass is 9.93. The van der Waals surface area contributed by atoms with Crippen LogP contribution in [0.2, 0.25) is 5.02 Å². The number of alkyl halides is 1. The zero-order valence-corrected chi connectivity index (χ0v) is 16.5. The topological polar surface area (TPSA) is 67.5 Å². The zero-order valence-electron chi connectivity index (χ0n) is 15.8. The van der Waals surface area contributed by atoms with Crippen LogP contribution in [-0.2, 0) is 4.79 Å². The van der Waals surface area contributed by atoms with Gasteiger partial charge in [0.2, 0.25) is 5.91 Å². The lowest BCUT2D eigenvalue weighted by Gasteiger charge is -2.12. The maximum Gasteiger partial charge on any atom is 0.222 e. The Kier molecular flexibility index (Phi) is 5.45. The average Bonchev–Trinajstić information content (AvgIpc) is 3.05. The molecule has 3 aromatic rings. The van der Waals surface area contributed by atoms with E-state index in [4.69, 9.17) is 21.1 Å². The molecule has 0 fully saturated rings. The highest BCUT2D eigenvalue weighted by molar-refractivity contribution is 6.30. The summed E-state index contributed by atoms with van der Waals surface area (Å²) in [5.74, 6) is 0.243. The first-order chi connectivity index (χ1) is 14.1. The lowest BCUT2D eigenvalue weighted by molar-refractivity contribution is -0.121. The molecule has 0 unspecified atom stereocenters. The van der Waals surface area contributed by atoms with Crippen molar-refractivity contribution in [1.82, 2.24) is 10.5 Å². The number of hydrogen-bond donors (Lipinski definition) is 1. The molecule has 0 saturated carbocycles. The number of carbonyl (C=O) groups is 1. The van der Waals surface area contributed by atoms with E-state index in [-0.39, 0.29) is 18.9 Å². The molecule has 1 aromatic heterocycles. The number of amides is 1. The largest absolute Gasteiger partial charge is 0.358 e. The van der Waals surface area contributed by atoms with Gasteiger partial charge >= 0.3 is 0 Å². The third kappa shape index (κ3) is 3.80. The Hall–Kier alpha value is -2.99. The van der Waals surface area contributed by atoms with E-state index in [1.54, 1.807) is 12.1 Å². The van der Waals surface area contributed by atoms with Crippen molar-refractivity contribution in [2.75, 3.05) is 13.2 Å². The van der Waals surface area contributed by atoms with Crippen molar-refractivity contribution < 1.29 is 13.7 Å². The normalized spacial score (nSPS) is 15.1. The number of hydrogen-bond acceptors (Lipinski definition) is 4. The van der Waals surface area contributed by atoms with Crippen molar-refractivity contribution in [1.29, 1.82) is 0 Å². The number of aromatic nitrogens is 1. The van der Waals surface area contributed by atoms with Crippen LogP contribution in [0.25, 0.3) is 11.1 Å². The molecule has 1 atom stereocenters. The quantitative estimate of drug-likeness (QED) is 0.663. The Morgan fingerprint density at radius 1 is 1.17 bits per heavy atom. The number of rotatable bonds is 5. The van der Waals surface area contributed by atoms with E-state index in [0.717, 1.165) is 33.7 Å². The number of benzene rings is 2. The summed E-state index contributed by atoms with van der Waals surface area (Å²) in [5.41, 5.74) is 5.07. The summed E-state index contributed by atoms with van der Waals surface area (Å²) in [5, 5.41) is 7.30. The fraction of sp³-hybridized carbons (Fsp3) is 0.227. The van der Waals surface area contributed by atoms with Gasteiger partial charge in [0.05, 0.1) is 23.4 Å². The van der Waals surface area contributed by atoms with Crippen LogP contribution in [0.1, 0.15) is 35.0 Å². The second kappa shape index (κ2) is 8.17. The van der Waals surface area contributed by atoms with Crippen molar-refractivity contribution in [2.24, 2.45) is 4.99 Å². The highest BCUT2D eigenvalue weighted by Crippen LogP contribution is 2.40. The number of halogens is 2. The van der Waals surface area contributed by atoms with E-state index >= 15 is 0 Å². The first-order valence-corrected chi connectivity index (χ1v) is 9.68. The van der Waals surface area contributed by atoms with Crippen molar-refractivity contribution in [3.63, 3.8) is 0 Å². The highest BCUT2D eigenvalue weighted by Gasteiger charge is 2.31. The third-order valence-corrected chi connectivity index (χ3v) is 5.09. The Bertz CT molecular complexity index is 1080. The summed E-state index contributed by atoms with van der Waals surface area (Å²) in [6, 6.07) is 14.7. The van der Waals surface area contributed by atoms with Crippen LogP contribution in [0.4, 0.5) is 4.39 Å². The van der Waals surface area contributed by atoms with Crippen LogP contribution < -0.4 is 5.32 Å². The van der Waals surface area contributed by atoms with Crippen molar-refractivity contribution in [3.8, 4) is 11.1 Å². The molecule has 0 aliphatic carbocycles. The number of aryl methyl sites for hydroxylation is 1. The maximum atomic E-state index is 12.5. The van der Waals surface area contributed by atoms with E-state index in [9.17, 15) is 9.18 Å². The van der Waals surface area contributed by atoms with Gasteiger partial charge in [0.1, 0.15) is 12.7 Å². The minimum absolute atomic E-state index is 0.0260. The molecule has 7 heteroatoms. The molecular weight excluding hydrogens is 393 g/mol. The first kappa shape index (κ1) is 19.3. The van der Waals surface area contributed by atoms with Crippen LogP contribution in [0.3, 0.4) is 0 Å².